The van der Waals surface area contributed by atoms with Gasteiger partial charge < -0.3 is 4.65 Å². The first-order valence-electron chi connectivity index (χ1n) is 14.3. The van der Waals surface area contributed by atoms with Crippen LogP contribution in [0.25, 0.3) is 39.5 Å². The Bertz CT molecular complexity index is 1570. The van der Waals surface area contributed by atoms with Crippen molar-refractivity contribution in [2.24, 2.45) is 5.41 Å². The molecule has 4 nitrogen and oxygen atoms in total. The number of allylic oxidation sites excluding steroid dienone is 5. The van der Waals surface area contributed by atoms with Crippen LogP contribution in [0.5, 0.6) is 0 Å². The maximum atomic E-state index is 6.68. The maximum absolute atomic E-state index is 6.68. The summed E-state index contributed by atoms with van der Waals surface area (Å²) in [6.07, 6.45) is 9.54. The van der Waals surface area contributed by atoms with Crippen molar-refractivity contribution in [1.82, 2.24) is 15.0 Å². The van der Waals surface area contributed by atoms with Gasteiger partial charge in [-0.15, -0.1) is 6.58 Å². The van der Waals surface area contributed by atoms with Gasteiger partial charge in [-0.1, -0.05) is 111 Å². The van der Waals surface area contributed by atoms with E-state index in [0.717, 1.165) is 39.6 Å². The molecule has 3 aromatic carbocycles. The Labute approximate surface area is 245 Å². The highest BCUT2D eigenvalue weighted by Crippen LogP contribution is 2.45. The van der Waals surface area contributed by atoms with E-state index in [1.807, 2.05) is 61.5 Å². The number of hydrogen-bond donors (Lipinski definition) is 0. The summed E-state index contributed by atoms with van der Waals surface area (Å²) in [5.41, 5.74) is 6.07. The average Bonchev–Trinajstić information content (AvgIpc) is 3.22. The number of benzene rings is 3. The van der Waals surface area contributed by atoms with E-state index < -0.39 is 0 Å². The Balaban J connectivity index is 1.72. The second kappa shape index (κ2) is 11.8. The van der Waals surface area contributed by atoms with Crippen molar-refractivity contribution < 1.29 is 4.65 Å². The highest BCUT2D eigenvalue weighted by atomic mass is 16.5. The molecule has 5 heteroatoms. The zero-order valence-electron chi connectivity index (χ0n) is 24.8. The molecular weight excluding hydrogens is 501 g/mol. The molecule has 0 saturated carbocycles. The van der Waals surface area contributed by atoms with E-state index in [1.54, 1.807) is 0 Å². The van der Waals surface area contributed by atoms with Crippen LogP contribution in [0.1, 0.15) is 46.9 Å². The van der Waals surface area contributed by atoms with Crippen molar-refractivity contribution in [2.75, 3.05) is 0 Å². The molecule has 0 unspecified atom stereocenters. The Kier molecular flexibility index (Phi) is 8.19. The quantitative estimate of drug-likeness (QED) is 0.128. The minimum Gasteiger partial charge on any atom is -0.426 e. The van der Waals surface area contributed by atoms with Gasteiger partial charge in [-0.3, -0.25) is 0 Å². The van der Waals surface area contributed by atoms with E-state index in [0.29, 0.717) is 23.9 Å². The SMILES string of the molecule is C=CC/C(=C\C=C/C)c1nc(-c2ccccc2)nc(-c2cc(B3CC(C)(C)C(C)(C)O3)cc(-c3ccccc3)c2)n1. The highest BCUT2D eigenvalue weighted by Gasteiger charge is 2.49. The second-order valence-electron chi connectivity index (χ2n) is 11.8. The van der Waals surface area contributed by atoms with Crippen LogP contribution in [-0.4, -0.2) is 27.5 Å². The second-order valence-corrected chi connectivity index (χ2v) is 11.8. The van der Waals surface area contributed by atoms with Gasteiger partial charge in [0.15, 0.2) is 17.5 Å². The largest absolute Gasteiger partial charge is 0.426 e. The van der Waals surface area contributed by atoms with E-state index >= 15 is 0 Å². The molecule has 2 heterocycles. The van der Waals surface area contributed by atoms with Crippen LogP contribution < -0.4 is 5.46 Å². The molecule has 0 amide bonds. The lowest BCUT2D eigenvalue weighted by Gasteiger charge is -2.34. The first-order chi connectivity index (χ1) is 19.7. The Morgan fingerprint density at radius 3 is 2.02 bits per heavy atom. The van der Waals surface area contributed by atoms with Crippen molar-refractivity contribution in [3.63, 3.8) is 0 Å². The molecule has 0 spiro atoms. The summed E-state index contributed by atoms with van der Waals surface area (Å²) in [6, 6.07) is 27.2. The predicted octanol–water partition coefficient (Wildman–Crippen LogP) is 8.44. The van der Waals surface area contributed by atoms with Crippen molar-refractivity contribution in [2.45, 2.75) is 53.0 Å². The van der Waals surface area contributed by atoms with Crippen molar-refractivity contribution in [3.8, 4) is 33.9 Å². The number of rotatable bonds is 8. The lowest BCUT2D eigenvalue weighted by molar-refractivity contribution is 0.0375. The fourth-order valence-electron chi connectivity index (χ4n) is 5.18. The fraction of sp³-hybridized carbons (Fsp3) is 0.250. The smallest absolute Gasteiger partial charge is 0.328 e. The molecule has 41 heavy (non-hydrogen) atoms. The Morgan fingerprint density at radius 2 is 1.44 bits per heavy atom. The zero-order valence-corrected chi connectivity index (χ0v) is 24.8. The summed E-state index contributed by atoms with van der Waals surface area (Å²) in [5, 5.41) is 0. The molecule has 0 aliphatic carbocycles. The summed E-state index contributed by atoms with van der Waals surface area (Å²) in [5.74, 6) is 1.94. The standard InChI is InChI=1S/C36H38BN3O/c1-7-9-17-27(16-8-2)32-38-33(28-20-14-11-15-21-28)40-34(39-32)30-22-29(26-18-12-10-13-19-26)23-31(24-30)37-25-35(3,4)36(5,6)41-37/h7-15,17-24H,2,16,25H2,1,3-6H3/b9-7-,27-17+. The van der Waals surface area contributed by atoms with Gasteiger partial charge in [-0.05, 0) is 61.6 Å². The van der Waals surface area contributed by atoms with Gasteiger partial charge in [0.2, 0.25) is 0 Å². The summed E-state index contributed by atoms with van der Waals surface area (Å²) in [7, 11) is 0. The van der Waals surface area contributed by atoms with Crippen molar-refractivity contribution in [1.29, 1.82) is 0 Å². The van der Waals surface area contributed by atoms with Crippen molar-refractivity contribution in [3.05, 3.63) is 116 Å². The Morgan fingerprint density at radius 1 is 0.829 bits per heavy atom. The molecule has 0 bridgehead atoms. The molecular formula is C36H38BN3O. The third-order valence-corrected chi connectivity index (χ3v) is 8.26. The van der Waals surface area contributed by atoms with Gasteiger partial charge in [0.05, 0.1) is 5.60 Å². The van der Waals surface area contributed by atoms with E-state index in [2.05, 4.69) is 82.8 Å². The number of aromatic nitrogens is 3. The third kappa shape index (κ3) is 6.16. The van der Waals surface area contributed by atoms with Gasteiger partial charge in [0, 0.05) is 16.7 Å². The zero-order chi connectivity index (χ0) is 29.0. The molecule has 0 radical (unpaired) electrons. The van der Waals surface area contributed by atoms with Crippen LogP contribution in [0.15, 0.2) is 110 Å². The molecule has 1 aromatic heterocycles. The summed E-state index contributed by atoms with van der Waals surface area (Å²) in [6.45, 7) is 14.9. The van der Waals surface area contributed by atoms with Gasteiger partial charge in [0.1, 0.15) is 0 Å². The number of hydrogen-bond acceptors (Lipinski definition) is 4. The van der Waals surface area contributed by atoms with Gasteiger partial charge in [0.25, 0.3) is 0 Å². The first-order valence-corrected chi connectivity index (χ1v) is 14.3. The lowest BCUT2D eigenvalue weighted by atomic mass is 9.54. The van der Waals surface area contributed by atoms with Crippen LogP contribution >= 0.6 is 0 Å². The summed E-state index contributed by atoms with van der Waals surface area (Å²) in [4.78, 5) is 15.0. The third-order valence-electron chi connectivity index (χ3n) is 8.26. The normalized spacial score (nSPS) is 16.3. The molecule has 5 rings (SSSR count). The maximum Gasteiger partial charge on any atom is 0.328 e. The Hall–Kier alpha value is -4.09. The van der Waals surface area contributed by atoms with E-state index in [4.69, 9.17) is 19.6 Å². The minimum absolute atomic E-state index is 0.0248. The lowest BCUT2D eigenvalue weighted by Crippen LogP contribution is -2.36. The average molecular weight is 540 g/mol. The predicted molar refractivity (Wildman–Crippen MR) is 173 cm³/mol. The monoisotopic (exact) mass is 539 g/mol. The highest BCUT2D eigenvalue weighted by molar-refractivity contribution is 6.68. The van der Waals surface area contributed by atoms with Crippen LogP contribution in [0, 0.1) is 5.41 Å². The van der Waals surface area contributed by atoms with Crippen LogP contribution in [0.3, 0.4) is 0 Å². The molecule has 1 aliphatic rings. The number of nitrogens with zero attached hydrogens (tertiary/aromatic N) is 3. The van der Waals surface area contributed by atoms with Crippen LogP contribution in [0.2, 0.25) is 6.32 Å². The van der Waals surface area contributed by atoms with Crippen molar-refractivity contribution >= 4 is 18.0 Å². The topological polar surface area (TPSA) is 47.9 Å². The molecule has 0 N–H and O–H groups in total. The van der Waals surface area contributed by atoms with Gasteiger partial charge in [-0.2, -0.15) is 0 Å². The van der Waals surface area contributed by atoms with E-state index in [9.17, 15) is 0 Å². The molecule has 1 saturated heterocycles. The molecule has 1 fully saturated rings. The van der Waals surface area contributed by atoms with E-state index in [1.165, 1.54) is 0 Å². The molecule has 206 valence electrons. The van der Waals surface area contributed by atoms with Gasteiger partial charge in [-0.25, -0.2) is 15.0 Å². The molecule has 4 aromatic rings. The summed E-state index contributed by atoms with van der Waals surface area (Å²) >= 11 is 0. The van der Waals surface area contributed by atoms with Crippen LogP contribution in [-0.2, 0) is 4.65 Å². The van der Waals surface area contributed by atoms with Gasteiger partial charge >= 0.3 is 6.92 Å². The van der Waals surface area contributed by atoms with Crippen LogP contribution in [0.4, 0.5) is 0 Å². The fourth-order valence-corrected chi connectivity index (χ4v) is 5.18. The molecule has 1 aliphatic heterocycles. The summed E-state index contributed by atoms with van der Waals surface area (Å²) < 4.78 is 6.68. The minimum atomic E-state index is -0.238. The molecule has 0 atom stereocenters. The van der Waals surface area contributed by atoms with E-state index in [-0.39, 0.29) is 17.9 Å². The first kappa shape index (κ1) is 28.4.